The average molecular weight is 254 g/mol. The number of benzene rings is 1. The Morgan fingerprint density at radius 1 is 1.16 bits per heavy atom. The maximum Gasteiger partial charge on any atom is 0.142 e. The molecule has 0 fully saturated rings. The van der Waals surface area contributed by atoms with E-state index in [0.717, 1.165) is 17.1 Å². The number of pyridine rings is 1. The van der Waals surface area contributed by atoms with Crippen LogP contribution < -0.4 is 4.90 Å². The van der Waals surface area contributed by atoms with Gasteiger partial charge in [-0.15, -0.1) is 0 Å². The molecule has 2 aromatic rings. The molecule has 0 amide bonds. The predicted molar refractivity (Wildman–Crippen MR) is 78.7 cm³/mol. The highest BCUT2D eigenvalue weighted by atomic mass is 16.5. The van der Waals surface area contributed by atoms with Crippen molar-refractivity contribution in [3.8, 4) is 0 Å². The number of aromatic nitrogens is 1. The highest BCUT2D eigenvalue weighted by Gasteiger charge is 2.05. The number of hydrogen-bond acceptors (Lipinski definition) is 3. The summed E-state index contributed by atoms with van der Waals surface area (Å²) in [6.45, 7) is 2.62. The lowest BCUT2D eigenvalue weighted by molar-refractivity contribution is 0.297. The second kappa shape index (κ2) is 6.59. The molecule has 3 heteroatoms. The Bertz CT molecular complexity index is 523. The highest BCUT2D eigenvalue weighted by Crippen LogP contribution is 2.18. The van der Waals surface area contributed by atoms with E-state index >= 15 is 0 Å². The molecule has 3 nitrogen and oxygen atoms in total. The smallest absolute Gasteiger partial charge is 0.142 e. The van der Waals surface area contributed by atoms with Gasteiger partial charge in [-0.2, -0.15) is 0 Å². The molecule has 0 saturated carbocycles. The highest BCUT2D eigenvalue weighted by molar-refractivity contribution is 5.63. The van der Waals surface area contributed by atoms with E-state index in [4.69, 9.17) is 4.74 Å². The average Bonchev–Trinajstić information content (AvgIpc) is 2.48. The maximum atomic E-state index is 5.71. The first kappa shape index (κ1) is 13.1. The van der Waals surface area contributed by atoms with Crippen molar-refractivity contribution in [2.45, 2.75) is 6.92 Å². The molecule has 19 heavy (non-hydrogen) atoms. The molecule has 1 aromatic carbocycles. The van der Waals surface area contributed by atoms with Crippen molar-refractivity contribution in [1.29, 1.82) is 0 Å². The van der Waals surface area contributed by atoms with Gasteiger partial charge < -0.3 is 9.64 Å². The van der Waals surface area contributed by atoms with Crippen LogP contribution in [0.2, 0.25) is 0 Å². The molecule has 0 atom stereocenters. The van der Waals surface area contributed by atoms with Crippen molar-refractivity contribution in [2.24, 2.45) is 0 Å². The molecular formula is C16H18N2O. The molecule has 2 rings (SSSR count). The molecule has 1 heterocycles. The minimum absolute atomic E-state index is 0.636. The molecular weight excluding hydrogens is 236 g/mol. The standard InChI is InChI=1S/C16H18N2O/c1-3-19-15(14-9-5-4-6-10-14)13-18(2)16-11-7-8-12-17-16/h4-13H,3H2,1-2H3. The van der Waals surface area contributed by atoms with Crippen LogP contribution in [0.5, 0.6) is 0 Å². The summed E-state index contributed by atoms with van der Waals surface area (Å²) in [7, 11) is 1.96. The Morgan fingerprint density at radius 3 is 2.53 bits per heavy atom. The predicted octanol–water partition coefficient (Wildman–Crippen LogP) is 3.55. The Kier molecular flexibility index (Phi) is 4.56. The number of nitrogens with zero attached hydrogens (tertiary/aromatic N) is 2. The molecule has 0 bridgehead atoms. The molecule has 0 aliphatic heterocycles. The second-order valence-corrected chi connectivity index (χ2v) is 4.09. The van der Waals surface area contributed by atoms with Gasteiger partial charge in [0.25, 0.3) is 0 Å². The van der Waals surface area contributed by atoms with Crippen LogP contribution in [0.4, 0.5) is 5.82 Å². The fourth-order valence-electron chi connectivity index (χ4n) is 1.76. The molecule has 1 aromatic heterocycles. The van der Waals surface area contributed by atoms with E-state index in [1.807, 2.05) is 73.6 Å². The summed E-state index contributed by atoms with van der Waals surface area (Å²) >= 11 is 0. The fourth-order valence-corrected chi connectivity index (χ4v) is 1.76. The molecule has 0 radical (unpaired) electrons. The molecule has 0 aliphatic rings. The first-order chi connectivity index (χ1) is 9.31. The van der Waals surface area contributed by atoms with Gasteiger partial charge in [0.05, 0.1) is 6.61 Å². The van der Waals surface area contributed by atoms with Gasteiger partial charge in [0, 0.05) is 25.0 Å². The van der Waals surface area contributed by atoms with Gasteiger partial charge in [-0.1, -0.05) is 36.4 Å². The van der Waals surface area contributed by atoms with Crippen molar-refractivity contribution >= 4 is 11.6 Å². The van der Waals surface area contributed by atoms with E-state index in [9.17, 15) is 0 Å². The SMILES string of the molecule is CCOC(=CN(C)c1ccccn1)c1ccccc1. The van der Waals surface area contributed by atoms with Gasteiger partial charge in [-0.25, -0.2) is 4.98 Å². The third kappa shape index (κ3) is 3.58. The van der Waals surface area contributed by atoms with Gasteiger partial charge >= 0.3 is 0 Å². The summed E-state index contributed by atoms with van der Waals surface area (Å²) in [4.78, 5) is 6.27. The van der Waals surface area contributed by atoms with Crippen molar-refractivity contribution in [1.82, 2.24) is 4.98 Å². The zero-order valence-corrected chi connectivity index (χ0v) is 11.3. The molecule has 0 N–H and O–H groups in total. The van der Waals surface area contributed by atoms with Gasteiger partial charge in [0.2, 0.25) is 0 Å². The molecule has 0 aliphatic carbocycles. The normalized spacial score (nSPS) is 11.2. The van der Waals surface area contributed by atoms with Crippen molar-refractivity contribution in [2.75, 3.05) is 18.6 Å². The van der Waals surface area contributed by atoms with Crippen LogP contribution in [0, 0.1) is 0 Å². The number of hydrogen-bond donors (Lipinski definition) is 0. The second-order valence-electron chi connectivity index (χ2n) is 4.09. The summed E-state index contributed by atoms with van der Waals surface area (Å²) in [5.41, 5.74) is 1.06. The van der Waals surface area contributed by atoms with Crippen LogP contribution >= 0.6 is 0 Å². The summed E-state index contributed by atoms with van der Waals surface area (Å²) < 4.78 is 5.71. The zero-order valence-electron chi connectivity index (χ0n) is 11.3. The number of rotatable bonds is 5. The van der Waals surface area contributed by atoms with Crippen LogP contribution in [-0.4, -0.2) is 18.6 Å². The fraction of sp³-hybridized carbons (Fsp3) is 0.188. The van der Waals surface area contributed by atoms with E-state index in [-0.39, 0.29) is 0 Å². The Labute approximate surface area is 114 Å². The van der Waals surface area contributed by atoms with Crippen LogP contribution in [0.15, 0.2) is 60.9 Å². The van der Waals surface area contributed by atoms with E-state index in [0.29, 0.717) is 6.61 Å². The van der Waals surface area contributed by atoms with E-state index < -0.39 is 0 Å². The monoisotopic (exact) mass is 254 g/mol. The van der Waals surface area contributed by atoms with Crippen molar-refractivity contribution in [3.63, 3.8) is 0 Å². The zero-order chi connectivity index (χ0) is 13.5. The van der Waals surface area contributed by atoms with Gasteiger partial charge in [0.15, 0.2) is 0 Å². The first-order valence-corrected chi connectivity index (χ1v) is 6.35. The Balaban J connectivity index is 2.26. The summed E-state index contributed by atoms with van der Waals surface area (Å²) in [6.07, 6.45) is 3.74. The third-order valence-corrected chi connectivity index (χ3v) is 2.68. The largest absolute Gasteiger partial charge is 0.492 e. The minimum atomic E-state index is 0.636. The van der Waals surface area contributed by atoms with E-state index in [2.05, 4.69) is 4.98 Å². The summed E-state index contributed by atoms with van der Waals surface area (Å²) in [5.74, 6) is 1.73. The molecule has 98 valence electrons. The number of ether oxygens (including phenoxy) is 1. The lowest BCUT2D eigenvalue weighted by Crippen LogP contribution is -2.11. The van der Waals surface area contributed by atoms with Crippen molar-refractivity contribution in [3.05, 3.63) is 66.5 Å². The first-order valence-electron chi connectivity index (χ1n) is 6.35. The lowest BCUT2D eigenvalue weighted by Gasteiger charge is -2.16. The summed E-state index contributed by atoms with van der Waals surface area (Å²) in [6, 6.07) is 15.9. The van der Waals surface area contributed by atoms with Gasteiger partial charge in [0.1, 0.15) is 11.6 Å². The van der Waals surface area contributed by atoms with Crippen LogP contribution in [-0.2, 0) is 4.74 Å². The minimum Gasteiger partial charge on any atom is -0.492 e. The van der Waals surface area contributed by atoms with Crippen molar-refractivity contribution < 1.29 is 4.74 Å². The molecule has 0 spiro atoms. The van der Waals surface area contributed by atoms with Gasteiger partial charge in [-0.3, -0.25) is 0 Å². The van der Waals surface area contributed by atoms with Crippen LogP contribution in [0.1, 0.15) is 12.5 Å². The van der Waals surface area contributed by atoms with Crippen LogP contribution in [0.25, 0.3) is 5.76 Å². The Morgan fingerprint density at radius 2 is 1.89 bits per heavy atom. The van der Waals surface area contributed by atoms with Crippen LogP contribution in [0.3, 0.4) is 0 Å². The lowest BCUT2D eigenvalue weighted by atomic mass is 10.2. The molecule has 0 saturated heterocycles. The quantitative estimate of drug-likeness (QED) is 0.763. The third-order valence-electron chi connectivity index (χ3n) is 2.68. The topological polar surface area (TPSA) is 25.4 Å². The van der Waals surface area contributed by atoms with E-state index in [1.54, 1.807) is 6.20 Å². The Hall–Kier alpha value is -2.29. The number of anilines is 1. The maximum absolute atomic E-state index is 5.71. The van der Waals surface area contributed by atoms with Gasteiger partial charge in [-0.05, 0) is 19.1 Å². The van der Waals surface area contributed by atoms with E-state index in [1.165, 1.54) is 0 Å². The molecule has 0 unspecified atom stereocenters. The summed E-state index contributed by atoms with van der Waals surface area (Å²) in [5, 5.41) is 0.